The summed E-state index contributed by atoms with van der Waals surface area (Å²) in [7, 11) is 0. The number of aliphatic hydroxyl groups is 1. The van der Waals surface area contributed by atoms with Crippen LogP contribution in [0.3, 0.4) is 0 Å². The van der Waals surface area contributed by atoms with E-state index in [4.69, 9.17) is 19.9 Å². The van der Waals surface area contributed by atoms with Crippen molar-refractivity contribution < 1.29 is 28.9 Å². The number of hydrogen-bond acceptors (Lipinski definition) is 10. The fourth-order valence-corrected chi connectivity index (χ4v) is 2.23. The summed E-state index contributed by atoms with van der Waals surface area (Å²) < 4.78 is 16.4. The highest BCUT2D eigenvalue weighted by molar-refractivity contribution is 5.69. The van der Waals surface area contributed by atoms with E-state index >= 15 is 0 Å². The van der Waals surface area contributed by atoms with E-state index in [1.54, 1.807) is 6.92 Å². The highest BCUT2D eigenvalue weighted by Gasteiger charge is 2.48. The first kappa shape index (κ1) is 17.8. The summed E-state index contributed by atoms with van der Waals surface area (Å²) in [5.74, 6) is -1.36. The number of esters is 2. The second kappa shape index (κ2) is 7.36. The number of nitrogens with two attached hydrogens (primary N) is 1. The quantitative estimate of drug-likeness (QED) is 0.595. The zero-order valence-electron chi connectivity index (χ0n) is 13.1. The molecule has 4 atom stereocenters. The topological polar surface area (TPSA) is 156 Å². The number of aliphatic hydroxyl groups excluding tert-OH is 1. The van der Waals surface area contributed by atoms with E-state index in [0.717, 1.165) is 17.8 Å². The second-order valence-electron chi connectivity index (χ2n) is 5.07. The third-order valence-corrected chi connectivity index (χ3v) is 3.33. The Hall–Kier alpha value is -2.53. The van der Waals surface area contributed by atoms with Crippen molar-refractivity contribution >= 4 is 17.9 Å². The van der Waals surface area contributed by atoms with Gasteiger partial charge in [0.1, 0.15) is 25.1 Å². The Morgan fingerprint density at radius 1 is 1.50 bits per heavy atom. The Bertz CT molecular complexity index is 677. The van der Waals surface area contributed by atoms with Crippen LogP contribution in [0.5, 0.6) is 0 Å². The van der Waals surface area contributed by atoms with Crippen molar-refractivity contribution in [2.24, 2.45) is 0 Å². The van der Waals surface area contributed by atoms with Crippen LogP contribution in [0.2, 0.25) is 0 Å². The van der Waals surface area contributed by atoms with Crippen molar-refractivity contribution in [3.8, 4) is 0 Å². The predicted molar refractivity (Wildman–Crippen MR) is 77.4 cm³/mol. The molecule has 1 aliphatic rings. The Morgan fingerprint density at radius 3 is 2.79 bits per heavy atom. The fraction of sp³-hybridized carbons (Fsp3) is 0.615. The number of rotatable bonds is 5. The normalized spacial score (nSPS) is 26.1. The van der Waals surface area contributed by atoms with Gasteiger partial charge < -0.3 is 25.1 Å². The van der Waals surface area contributed by atoms with Gasteiger partial charge in [-0.15, -0.1) is 0 Å². The summed E-state index contributed by atoms with van der Waals surface area (Å²) in [5.41, 5.74) is 4.52. The smallest absolute Gasteiger partial charge is 0.354 e. The molecule has 11 nitrogen and oxygen atoms in total. The lowest BCUT2D eigenvalue weighted by Crippen LogP contribution is -2.39. The average Bonchev–Trinajstić information content (AvgIpc) is 2.81. The van der Waals surface area contributed by atoms with Crippen molar-refractivity contribution in [3.63, 3.8) is 0 Å². The number of carbonyl (C=O) groups is 2. The molecule has 2 heterocycles. The van der Waals surface area contributed by atoms with Crippen molar-refractivity contribution in [1.29, 1.82) is 0 Å². The molecule has 1 aromatic rings. The average molecular weight is 342 g/mol. The zero-order chi connectivity index (χ0) is 17.9. The Morgan fingerprint density at radius 2 is 2.21 bits per heavy atom. The van der Waals surface area contributed by atoms with Crippen molar-refractivity contribution in [2.45, 2.75) is 44.8 Å². The molecular weight excluding hydrogens is 324 g/mol. The van der Waals surface area contributed by atoms with E-state index in [1.807, 2.05) is 0 Å². The first-order valence-electron chi connectivity index (χ1n) is 7.20. The van der Waals surface area contributed by atoms with Crippen LogP contribution >= 0.6 is 0 Å². The molecule has 1 aromatic heterocycles. The molecule has 0 saturated carbocycles. The van der Waals surface area contributed by atoms with Gasteiger partial charge in [-0.05, 0) is 0 Å². The van der Waals surface area contributed by atoms with E-state index in [2.05, 4.69) is 9.97 Å². The Balaban J connectivity index is 2.23. The molecule has 0 aromatic carbocycles. The number of hydrogen-bond donors (Lipinski definition) is 2. The molecule has 0 bridgehead atoms. The van der Waals surface area contributed by atoms with Gasteiger partial charge in [0.05, 0.1) is 0 Å². The van der Waals surface area contributed by atoms with E-state index in [0.29, 0.717) is 0 Å². The predicted octanol–water partition coefficient (Wildman–Crippen LogP) is -1.64. The first-order chi connectivity index (χ1) is 11.3. The summed E-state index contributed by atoms with van der Waals surface area (Å²) >= 11 is 0. The minimum absolute atomic E-state index is 0.155. The molecule has 0 amide bonds. The van der Waals surface area contributed by atoms with Gasteiger partial charge in [-0.25, -0.2) is 9.78 Å². The molecule has 11 heteroatoms. The summed E-state index contributed by atoms with van der Waals surface area (Å²) in [6.07, 6.45) is -3.46. The fourth-order valence-electron chi connectivity index (χ4n) is 2.23. The van der Waals surface area contributed by atoms with Crippen LogP contribution in [0, 0.1) is 0 Å². The van der Waals surface area contributed by atoms with Gasteiger partial charge in [-0.3, -0.25) is 14.2 Å². The number of nitrogens with zero attached hydrogens (tertiary/aromatic N) is 3. The van der Waals surface area contributed by atoms with Gasteiger partial charge in [0.25, 0.3) is 0 Å². The maximum Gasteiger partial charge on any atom is 0.354 e. The van der Waals surface area contributed by atoms with Crippen LogP contribution in [0.25, 0.3) is 0 Å². The standard InChI is InChI=1S/C13H18N4O7/c1-3-8(19)22-4-7-10(23-6(2)18)9(20)11(24-7)17-5-15-12(14)16-13(17)21/h5,7,9-11,20H,3-4H2,1-2H3,(H2,14,16,21)/t7-,9+,10-,11-/m1/s1. The van der Waals surface area contributed by atoms with Gasteiger partial charge in [-0.1, -0.05) is 6.92 Å². The van der Waals surface area contributed by atoms with Crippen LogP contribution in [0.1, 0.15) is 26.5 Å². The molecule has 3 N–H and O–H groups in total. The lowest BCUT2D eigenvalue weighted by Gasteiger charge is -2.19. The molecule has 1 aliphatic heterocycles. The third kappa shape index (κ3) is 3.86. The summed E-state index contributed by atoms with van der Waals surface area (Å²) in [5, 5.41) is 10.3. The number of aromatic nitrogens is 3. The molecule has 0 unspecified atom stereocenters. The maximum absolute atomic E-state index is 11.9. The largest absolute Gasteiger partial charge is 0.463 e. The molecule has 0 spiro atoms. The molecule has 0 radical (unpaired) electrons. The maximum atomic E-state index is 11.9. The lowest BCUT2D eigenvalue weighted by atomic mass is 10.1. The minimum Gasteiger partial charge on any atom is -0.463 e. The van der Waals surface area contributed by atoms with E-state index in [-0.39, 0.29) is 19.0 Å². The van der Waals surface area contributed by atoms with Gasteiger partial charge in [0.2, 0.25) is 5.95 Å². The molecule has 24 heavy (non-hydrogen) atoms. The number of anilines is 1. The van der Waals surface area contributed by atoms with Crippen molar-refractivity contribution in [3.05, 3.63) is 16.8 Å². The first-order valence-corrected chi connectivity index (χ1v) is 7.20. The third-order valence-electron chi connectivity index (χ3n) is 3.33. The van der Waals surface area contributed by atoms with Crippen molar-refractivity contribution in [2.75, 3.05) is 12.3 Å². The van der Waals surface area contributed by atoms with Gasteiger partial charge >= 0.3 is 17.6 Å². The van der Waals surface area contributed by atoms with Gasteiger partial charge in [-0.2, -0.15) is 4.98 Å². The molecule has 0 aliphatic carbocycles. The molecule has 132 valence electrons. The molecular formula is C13H18N4O7. The summed E-state index contributed by atoms with van der Waals surface area (Å²) in [6.45, 7) is 2.53. The number of nitrogen functional groups attached to an aromatic ring is 1. The SMILES string of the molecule is CCC(=O)OC[C@H]1O[C@@H](n2cnc(N)nc2=O)[C@@H](O)[C@@H]1OC(C)=O. The van der Waals surface area contributed by atoms with Crippen LogP contribution < -0.4 is 11.4 Å². The van der Waals surface area contributed by atoms with Crippen molar-refractivity contribution in [1.82, 2.24) is 14.5 Å². The highest BCUT2D eigenvalue weighted by Crippen LogP contribution is 2.30. The molecule has 1 fully saturated rings. The van der Waals surface area contributed by atoms with Gasteiger partial charge in [0, 0.05) is 13.3 Å². The van der Waals surface area contributed by atoms with Crippen LogP contribution in [0.15, 0.2) is 11.1 Å². The van der Waals surface area contributed by atoms with E-state index < -0.39 is 42.2 Å². The highest BCUT2D eigenvalue weighted by atomic mass is 16.6. The monoisotopic (exact) mass is 342 g/mol. The van der Waals surface area contributed by atoms with Gasteiger partial charge in [0.15, 0.2) is 12.3 Å². The van der Waals surface area contributed by atoms with Crippen LogP contribution in [-0.4, -0.2) is 56.5 Å². The Kier molecular flexibility index (Phi) is 5.46. The number of ether oxygens (including phenoxy) is 3. The van der Waals surface area contributed by atoms with E-state index in [9.17, 15) is 19.5 Å². The lowest BCUT2D eigenvalue weighted by molar-refractivity contribution is -0.158. The summed E-state index contributed by atoms with van der Waals surface area (Å²) in [4.78, 5) is 41.5. The molecule has 2 rings (SSSR count). The Labute approximate surface area is 136 Å². The van der Waals surface area contributed by atoms with E-state index in [1.165, 1.54) is 0 Å². The molecule has 1 saturated heterocycles. The summed E-state index contributed by atoms with van der Waals surface area (Å²) in [6, 6.07) is 0. The van der Waals surface area contributed by atoms with Crippen LogP contribution in [0.4, 0.5) is 5.95 Å². The second-order valence-corrected chi connectivity index (χ2v) is 5.07. The zero-order valence-corrected chi connectivity index (χ0v) is 13.1. The van der Waals surface area contributed by atoms with Crippen LogP contribution in [-0.2, 0) is 23.8 Å². The minimum atomic E-state index is -1.39. The number of carbonyl (C=O) groups excluding carboxylic acids is 2.